The molecule has 20 heavy (non-hydrogen) atoms. The smallest absolute Gasteiger partial charge is 0.266 e. The van der Waals surface area contributed by atoms with Crippen LogP contribution in [0, 0.1) is 0 Å². The summed E-state index contributed by atoms with van der Waals surface area (Å²) in [5.41, 5.74) is 4.33. The van der Waals surface area contributed by atoms with Crippen molar-refractivity contribution in [3.63, 3.8) is 0 Å². The third-order valence-electron chi connectivity index (χ3n) is 2.39. The number of hydrogen-bond acceptors (Lipinski definition) is 5. The molecular formula is C11H11BrN4O4. The first-order chi connectivity index (χ1) is 9.47. The molecule has 0 saturated heterocycles. The lowest BCUT2D eigenvalue weighted by Crippen LogP contribution is -2.49. The van der Waals surface area contributed by atoms with Crippen LogP contribution >= 0.6 is 15.9 Å². The Kier molecular flexibility index (Phi) is 4.18. The maximum atomic E-state index is 11.8. The number of carbonyl (C=O) groups excluding carboxylic acids is 3. The number of amides is 3. The van der Waals surface area contributed by atoms with E-state index in [1.807, 2.05) is 0 Å². The van der Waals surface area contributed by atoms with Crippen LogP contribution in [0.3, 0.4) is 0 Å². The zero-order valence-electron chi connectivity index (χ0n) is 10.5. The molecule has 0 unspecified atom stereocenters. The van der Waals surface area contributed by atoms with Gasteiger partial charge in [0, 0.05) is 6.92 Å². The number of rotatable bonds is 2. The molecule has 9 heteroatoms. The number of anilines is 1. The highest BCUT2D eigenvalue weighted by molar-refractivity contribution is 9.10. The van der Waals surface area contributed by atoms with Crippen LogP contribution in [0.25, 0.3) is 0 Å². The molecule has 2 rings (SSSR count). The average Bonchev–Trinajstić information content (AvgIpc) is 2.40. The fourth-order valence-electron chi connectivity index (χ4n) is 1.56. The Labute approximate surface area is 122 Å². The highest BCUT2D eigenvalue weighted by atomic mass is 79.9. The van der Waals surface area contributed by atoms with Crippen molar-refractivity contribution in [1.82, 2.24) is 15.8 Å². The Morgan fingerprint density at radius 3 is 2.90 bits per heavy atom. The van der Waals surface area contributed by atoms with Gasteiger partial charge in [0.15, 0.2) is 18.2 Å². The number of fused-ring (bicyclic) bond motifs is 1. The molecular weight excluding hydrogens is 332 g/mol. The van der Waals surface area contributed by atoms with Crippen LogP contribution in [-0.4, -0.2) is 35.9 Å². The van der Waals surface area contributed by atoms with Crippen molar-refractivity contribution in [3.05, 3.63) is 16.7 Å². The summed E-state index contributed by atoms with van der Waals surface area (Å²) in [5, 5.41) is 0. The Morgan fingerprint density at radius 1 is 1.45 bits per heavy atom. The lowest BCUT2D eigenvalue weighted by Gasteiger charge is -2.27. The Balaban J connectivity index is 2.15. The summed E-state index contributed by atoms with van der Waals surface area (Å²) >= 11 is 3.19. The monoisotopic (exact) mass is 342 g/mol. The molecule has 0 aliphatic carbocycles. The van der Waals surface area contributed by atoms with Crippen LogP contribution in [0.2, 0.25) is 0 Å². The lowest BCUT2D eigenvalue weighted by atomic mass is 10.3. The van der Waals surface area contributed by atoms with Crippen molar-refractivity contribution >= 4 is 39.5 Å². The van der Waals surface area contributed by atoms with Crippen molar-refractivity contribution in [2.24, 2.45) is 0 Å². The first kappa shape index (κ1) is 14.3. The van der Waals surface area contributed by atoms with Crippen LogP contribution in [0.4, 0.5) is 5.82 Å². The second-order valence-electron chi connectivity index (χ2n) is 3.95. The van der Waals surface area contributed by atoms with E-state index in [1.54, 1.807) is 12.1 Å². The molecule has 1 aliphatic rings. The summed E-state index contributed by atoms with van der Waals surface area (Å²) in [5.74, 6) is -0.661. The predicted molar refractivity (Wildman–Crippen MR) is 71.7 cm³/mol. The van der Waals surface area contributed by atoms with E-state index in [0.29, 0.717) is 10.4 Å². The Morgan fingerprint density at radius 2 is 2.20 bits per heavy atom. The number of ether oxygens (including phenoxy) is 1. The number of aromatic nitrogens is 1. The van der Waals surface area contributed by atoms with Gasteiger partial charge >= 0.3 is 0 Å². The van der Waals surface area contributed by atoms with Gasteiger partial charge in [-0.3, -0.25) is 30.1 Å². The third-order valence-corrected chi connectivity index (χ3v) is 2.83. The molecule has 2 heterocycles. The van der Waals surface area contributed by atoms with Gasteiger partial charge in [-0.15, -0.1) is 0 Å². The third kappa shape index (κ3) is 3.23. The quantitative estimate of drug-likeness (QED) is 0.569. The largest absolute Gasteiger partial charge is 0.480 e. The van der Waals surface area contributed by atoms with Crippen molar-refractivity contribution in [2.45, 2.75) is 6.92 Å². The zero-order chi connectivity index (χ0) is 14.7. The number of halogens is 1. The van der Waals surface area contributed by atoms with Gasteiger partial charge in [-0.25, -0.2) is 4.98 Å². The molecule has 0 bridgehead atoms. The molecule has 0 aromatic carbocycles. The lowest BCUT2D eigenvalue weighted by molar-refractivity contribution is -0.128. The summed E-state index contributed by atoms with van der Waals surface area (Å²) in [6.45, 7) is 0.830. The minimum absolute atomic E-state index is 0.163. The maximum absolute atomic E-state index is 11.8. The van der Waals surface area contributed by atoms with Crippen molar-refractivity contribution in [3.8, 4) is 5.75 Å². The van der Waals surface area contributed by atoms with E-state index in [2.05, 4.69) is 31.8 Å². The van der Waals surface area contributed by atoms with Gasteiger partial charge in [-0.05, 0) is 28.1 Å². The predicted octanol–water partition coefficient (Wildman–Crippen LogP) is -0.263. The molecule has 106 valence electrons. The number of nitrogens with zero attached hydrogens (tertiary/aromatic N) is 2. The number of nitrogens with one attached hydrogen (secondary N) is 2. The van der Waals surface area contributed by atoms with Gasteiger partial charge in [0.2, 0.25) is 5.91 Å². The van der Waals surface area contributed by atoms with E-state index < -0.39 is 11.8 Å². The van der Waals surface area contributed by atoms with Gasteiger partial charge in [-0.1, -0.05) is 0 Å². The summed E-state index contributed by atoms with van der Waals surface area (Å²) < 4.78 is 5.74. The maximum Gasteiger partial charge on any atom is 0.266 e. The molecule has 8 nitrogen and oxygen atoms in total. The molecule has 2 N–H and O–H groups in total. The average molecular weight is 343 g/mol. The molecule has 1 aromatic heterocycles. The molecule has 1 aromatic rings. The van der Waals surface area contributed by atoms with E-state index >= 15 is 0 Å². The van der Waals surface area contributed by atoms with Crippen LogP contribution in [0.15, 0.2) is 16.7 Å². The van der Waals surface area contributed by atoms with Gasteiger partial charge in [0.05, 0.1) is 0 Å². The van der Waals surface area contributed by atoms with Crippen molar-refractivity contribution in [1.29, 1.82) is 0 Å². The highest BCUT2D eigenvalue weighted by Crippen LogP contribution is 2.31. The Bertz CT molecular complexity index is 578. The fraction of sp³-hybridized carbons (Fsp3) is 0.273. The van der Waals surface area contributed by atoms with Crippen LogP contribution in [0.5, 0.6) is 5.75 Å². The first-order valence-electron chi connectivity index (χ1n) is 5.62. The van der Waals surface area contributed by atoms with Gasteiger partial charge in [0.25, 0.3) is 11.8 Å². The molecule has 1 aliphatic heterocycles. The van der Waals surface area contributed by atoms with E-state index in [0.717, 1.165) is 0 Å². The van der Waals surface area contributed by atoms with Crippen LogP contribution < -0.4 is 20.5 Å². The van der Waals surface area contributed by atoms with E-state index in [9.17, 15) is 14.4 Å². The zero-order valence-corrected chi connectivity index (χ0v) is 12.1. The minimum Gasteiger partial charge on any atom is -0.480 e. The van der Waals surface area contributed by atoms with Crippen molar-refractivity contribution in [2.75, 3.05) is 18.1 Å². The fourth-order valence-corrected chi connectivity index (χ4v) is 1.86. The Hall–Kier alpha value is -2.16. The topological polar surface area (TPSA) is 101 Å². The molecule has 0 radical (unpaired) electrons. The summed E-state index contributed by atoms with van der Waals surface area (Å²) in [4.78, 5) is 39.5. The van der Waals surface area contributed by atoms with E-state index in [-0.39, 0.29) is 24.9 Å². The van der Waals surface area contributed by atoms with Crippen molar-refractivity contribution < 1.29 is 19.1 Å². The van der Waals surface area contributed by atoms with E-state index in [1.165, 1.54) is 11.8 Å². The van der Waals surface area contributed by atoms with Gasteiger partial charge < -0.3 is 4.74 Å². The highest BCUT2D eigenvalue weighted by Gasteiger charge is 2.28. The van der Waals surface area contributed by atoms with E-state index in [4.69, 9.17) is 4.74 Å². The second kappa shape index (κ2) is 5.87. The number of hydrogen-bond donors (Lipinski definition) is 2. The summed E-state index contributed by atoms with van der Waals surface area (Å²) in [7, 11) is 0. The SMILES string of the molecule is CC(=O)NNC(=O)CN1C(=O)COc2ccc(Br)nc21. The second-order valence-corrected chi connectivity index (χ2v) is 4.77. The summed E-state index contributed by atoms with van der Waals surface area (Å²) in [6.07, 6.45) is 0. The number of carbonyl (C=O) groups is 3. The number of pyridine rings is 1. The number of hydrazine groups is 1. The standard InChI is InChI=1S/C11H11BrN4O4/c1-6(17)14-15-9(18)4-16-10(19)5-20-7-2-3-8(12)13-11(7)16/h2-3H,4-5H2,1H3,(H,14,17)(H,15,18). The van der Waals surface area contributed by atoms with Gasteiger partial charge in [0.1, 0.15) is 11.1 Å². The molecule has 3 amide bonds. The summed E-state index contributed by atoms with van der Waals surface area (Å²) in [6, 6.07) is 3.32. The molecule has 0 fully saturated rings. The molecule has 0 saturated carbocycles. The molecule has 0 spiro atoms. The molecule has 0 atom stereocenters. The minimum atomic E-state index is -0.539. The van der Waals surface area contributed by atoms with Gasteiger partial charge in [-0.2, -0.15) is 0 Å². The van der Waals surface area contributed by atoms with Crippen LogP contribution in [-0.2, 0) is 14.4 Å². The first-order valence-corrected chi connectivity index (χ1v) is 6.42. The van der Waals surface area contributed by atoms with Crippen LogP contribution in [0.1, 0.15) is 6.92 Å². The normalized spacial score (nSPS) is 13.3.